The Hall–Kier alpha value is -1.89. The molecule has 1 saturated heterocycles. The zero-order valence-electron chi connectivity index (χ0n) is 13.4. The van der Waals surface area contributed by atoms with Crippen molar-refractivity contribution >= 4 is 11.7 Å². The van der Waals surface area contributed by atoms with Gasteiger partial charge in [-0.15, -0.1) is 0 Å². The number of primary amides is 1. The van der Waals surface area contributed by atoms with Gasteiger partial charge in [0.2, 0.25) is 11.8 Å². The number of rotatable bonds is 8. The highest BCUT2D eigenvalue weighted by molar-refractivity contribution is 5.75. The molecule has 0 spiro atoms. The van der Waals surface area contributed by atoms with E-state index in [1.54, 1.807) is 6.33 Å². The molecule has 1 aromatic heterocycles. The van der Waals surface area contributed by atoms with Crippen LogP contribution in [0.1, 0.15) is 26.7 Å². The van der Waals surface area contributed by atoms with E-state index in [9.17, 15) is 4.79 Å². The Labute approximate surface area is 131 Å². The fourth-order valence-corrected chi connectivity index (χ4v) is 2.70. The third-order valence-electron chi connectivity index (χ3n) is 3.72. The minimum atomic E-state index is -0.303. The molecular weight excluding hydrogens is 282 g/mol. The molecule has 122 valence electrons. The number of hydrogen-bond donors (Lipinski definition) is 1. The van der Waals surface area contributed by atoms with Crippen LogP contribution in [0.5, 0.6) is 5.88 Å². The van der Waals surface area contributed by atoms with E-state index >= 15 is 0 Å². The number of anilines is 1. The number of carbonyl (C=O) groups excluding carboxylic acids is 1. The van der Waals surface area contributed by atoms with Gasteiger partial charge in [-0.05, 0) is 19.8 Å². The SMILES string of the molecule is CCCN(CC)c1cc(OC2CCN(CC(N)=O)C2)ncn1. The quantitative estimate of drug-likeness (QED) is 0.759. The van der Waals surface area contributed by atoms with Gasteiger partial charge in [0.25, 0.3) is 0 Å². The second kappa shape index (κ2) is 7.93. The number of aromatic nitrogens is 2. The normalized spacial score (nSPS) is 18.4. The molecule has 0 saturated carbocycles. The fourth-order valence-electron chi connectivity index (χ4n) is 2.70. The van der Waals surface area contributed by atoms with Gasteiger partial charge in [-0.3, -0.25) is 9.69 Å². The van der Waals surface area contributed by atoms with Crippen molar-refractivity contribution in [1.82, 2.24) is 14.9 Å². The number of likely N-dealkylation sites (tertiary alicyclic amines) is 1. The zero-order chi connectivity index (χ0) is 15.9. The lowest BCUT2D eigenvalue weighted by atomic mass is 10.3. The van der Waals surface area contributed by atoms with Crippen molar-refractivity contribution in [2.45, 2.75) is 32.8 Å². The molecule has 0 aromatic carbocycles. The van der Waals surface area contributed by atoms with Gasteiger partial charge in [-0.25, -0.2) is 9.97 Å². The standard InChI is InChI=1S/C15H25N5O2/c1-3-6-20(4-2)14-8-15(18-11-17-14)22-12-5-7-19(9-12)10-13(16)21/h8,11-12H,3-7,9-10H2,1-2H3,(H2,16,21). The van der Waals surface area contributed by atoms with Crippen molar-refractivity contribution < 1.29 is 9.53 Å². The summed E-state index contributed by atoms with van der Waals surface area (Å²) in [6.07, 6.45) is 3.53. The van der Waals surface area contributed by atoms with Crippen LogP contribution < -0.4 is 15.4 Å². The first-order valence-electron chi connectivity index (χ1n) is 7.86. The van der Waals surface area contributed by atoms with Gasteiger partial charge in [0.1, 0.15) is 18.2 Å². The minimum absolute atomic E-state index is 0.0448. The molecule has 0 radical (unpaired) electrons. The molecule has 1 aromatic rings. The summed E-state index contributed by atoms with van der Waals surface area (Å²) >= 11 is 0. The van der Waals surface area contributed by atoms with Crippen LogP contribution in [0.3, 0.4) is 0 Å². The van der Waals surface area contributed by atoms with Gasteiger partial charge in [0.15, 0.2) is 0 Å². The Kier molecular flexibility index (Phi) is 5.94. The Bertz CT molecular complexity index is 497. The lowest BCUT2D eigenvalue weighted by Crippen LogP contribution is -2.33. The maximum absolute atomic E-state index is 10.9. The molecule has 1 aliphatic heterocycles. The molecule has 2 heterocycles. The Balaban J connectivity index is 1.95. The van der Waals surface area contributed by atoms with E-state index in [2.05, 4.69) is 28.7 Å². The van der Waals surface area contributed by atoms with E-state index < -0.39 is 0 Å². The molecule has 7 nitrogen and oxygen atoms in total. The first-order chi connectivity index (χ1) is 10.6. The Morgan fingerprint density at radius 3 is 3.00 bits per heavy atom. The monoisotopic (exact) mass is 307 g/mol. The molecular formula is C15H25N5O2. The van der Waals surface area contributed by atoms with Crippen LogP contribution in [0.4, 0.5) is 5.82 Å². The van der Waals surface area contributed by atoms with Crippen molar-refractivity contribution in [1.29, 1.82) is 0 Å². The first kappa shape index (κ1) is 16.5. The maximum atomic E-state index is 10.9. The summed E-state index contributed by atoms with van der Waals surface area (Å²) in [4.78, 5) is 23.7. The topological polar surface area (TPSA) is 84.6 Å². The predicted octanol–water partition coefficient (Wildman–Crippen LogP) is 0.651. The summed E-state index contributed by atoms with van der Waals surface area (Å²) in [6, 6.07) is 1.88. The van der Waals surface area contributed by atoms with Crippen molar-refractivity contribution in [3.63, 3.8) is 0 Å². The number of hydrogen-bond acceptors (Lipinski definition) is 6. The highest BCUT2D eigenvalue weighted by atomic mass is 16.5. The summed E-state index contributed by atoms with van der Waals surface area (Å²) < 4.78 is 5.93. The largest absolute Gasteiger partial charge is 0.473 e. The van der Waals surface area contributed by atoms with E-state index in [4.69, 9.17) is 10.5 Å². The van der Waals surface area contributed by atoms with Crippen molar-refractivity contribution in [2.75, 3.05) is 37.6 Å². The summed E-state index contributed by atoms with van der Waals surface area (Å²) in [5.41, 5.74) is 5.22. The van der Waals surface area contributed by atoms with Crippen LogP contribution >= 0.6 is 0 Å². The van der Waals surface area contributed by atoms with E-state index in [0.717, 1.165) is 38.3 Å². The van der Waals surface area contributed by atoms with Crippen molar-refractivity contribution in [3.05, 3.63) is 12.4 Å². The highest BCUT2D eigenvalue weighted by Crippen LogP contribution is 2.20. The summed E-state index contributed by atoms with van der Waals surface area (Å²) in [5, 5.41) is 0. The Morgan fingerprint density at radius 2 is 2.32 bits per heavy atom. The lowest BCUT2D eigenvalue weighted by molar-refractivity contribution is -0.118. The molecule has 7 heteroatoms. The maximum Gasteiger partial charge on any atom is 0.231 e. The van der Waals surface area contributed by atoms with Gasteiger partial charge in [0.05, 0.1) is 6.54 Å². The number of nitrogens with two attached hydrogens (primary N) is 1. The van der Waals surface area contributed by atoms with E-state index in [-0.39, 0.29) is 18.6 Å². The van der Waals surface area contributed by atoms with Crippen LogP contribution in [0.2, 0.25) is 0 Å². The average Bonchev–Trinajstić information content (AvgIpc) is 2.91. The Morgan fingerprint density at radius 1 is 1.50 bits per heavy atom. The molecule has 0 aliphatic carbocycles. The smallest absolute Gasteiger partial charge is 0.231 e. The highest BCUT2D eigenvalue weighted by Gasteiger charge is 2.25. The van der Waals surface area contributed by atoms with Gasteiger partial charge in [0, 0.05) is 32.2 Å². The second-order valence-electron chi connectivity index (χ2n) is 5.52. The molecule has 1 unspecified atom stereocenters. The number of amides is 1. The average molecular weight is 307 g/mol. The number of ether oxygens (including phenoxy) is 1. The molecule has 2 rings (SSSR count). The summed E-state index contributed by atoms with van der Waals surface area (Å²) in [6.45, 7) is 7.93. The number of carbonyl (C=O) groups is 1. The van der Waals surface area contributed by atoms with E-state index in [0.29, 0.717) is 12.4 Å². The third kappa shape index (κ3) is 4.56. The van der Waals surface area contributed by atoms with E-state index in [1.807, 2.05) is 11.0 Å². The first-order valence-corrected chi connectivity index (χ1v) is 7.86. The third-order valence-corrected chi connectivity index (χ3v) is 3.72. The van der Waals surface area contributed by atoms with E-state index in [1.165, 1.54) is 0 Å². The van der Waals surface area contributed by atoms with Crippen LogP contribution in [-0.2, 0) is 4.79 Å². The molecule has 1 amide bonds. The summed E-state index contributed by atoms with van der Waals surface area (Å²) in [5.74, 6) is 1.18. The van der Waals surface area contributed by atoms with Gasteiger partial charge in [-0.2, -0.15) is 0 Å². The lowest BCUT2D eigenvalue weighted by Gasteiger charge is -2.21. The zero-order valence-corrected chi connectivity index (χ0v) is 13.4. The van der Waals surface area contributed by atoms with Crippen LogP contribution in [0.25, 0.3) is 0 Å². The van der Waals surface area contributed by atoms with Crippen molar-refractivity contribution in [3.8, 4) is 5.88 Å². The molecule has 1 fully saturated rings. The molecule has 1 atom stereocenters. The molecule has 1 aliphatic rings. The fraction of sp³-hybridized carbons (Fsp3) is 0.667. The van der Waals surface area contributed by atoms with Gasteiger partial charge in [-0.1, -0.05) is 6.92 Å². The second-order valence-corrected chi connectivity index (χ2v) is 5.52. The molecule has 0 bridgehead atoms. The van der Waals surface area contributed by atoms with Gasteiger partial charge < -0.3 is 15.4 Å². The summed E-state index contributed by atoms with van der Waals surface area (Å²) in [7, 11) is 0. The van der Waals surface area contributed by atoms with Gasteiger partial charge >= 0.3 is 0 Å². The molecule has 2 N–H and O–H groups in total. The van der Waals surface area contributed by atoms with Crippen LogP contribution in [0, 0.1) is 0 Å². The molecule has 22 heavy (non-hydrogen) atoms. The van der Waals surface area contributed by atoms with Crippen LogP contribution in [0.15, 0.2) is 12.4 Å². The predicted molar refractivity (Wildman–Crippen MR) is 84.9 cm³/mol. The van der Waals surface area contributed by atoms with Crippen molar-refractivity contribution in [2.24, 2.45) is 5.73 Å². The minimum Gasteiger partial charge on any atom is -0.473 e. The number of nitrogens with zero attached hydrogens (tertiary/aromatic N) is 4. The van der Waals surface area contributed by atoms with Crippen LogP contribution in [-0.4, -0.2) is 59.6 Å².